The third kappa shape index (κ3) is 3.80. The summed E-state index contributed by atoms with van der Waals surface area (Å²) < 4.78 is 6.99. The van der Waals surface area contributed by atoms with Crippen LogP contribution in [0.15, 0.2) is 17.2 Å². The molecule has 1 atom stereocenters. The van der Waals surface area contributed by atoms with Gasteiger partial charge in [0, 0.05) is 32.4 Å². The van der Waals surface area contributed by atoms with Gasteiger partial charge < -0.3 is 10.1 Å². The number of nitrogens with one attached hydrogen (secondary N) is 1. The lowest BCUT2D eigenvalue weighted by atomic mass is 10.2. The van der Waals surface area contributed by atoms with Gasteiger partial charge in [-0.15, -0.1) is 0 Å². The molecule has 5 nitrogen and oxygen atoms in total. The fourth-order valence-electron chi connectivity index (χ4n) is 1.86. The molecule has 2 heterocycles. The van der Waals surface area contributed by atoms with E-state index in [0.717, 1.165) is 26.0 Å². The maximum Gasteiger partial charge on any atom is 0.347 e. The van der Waals surface area contributed by atoms with Crippen LogP contribution in [0.3, 0.4) is 0 Å². The Morgan fingerprint density at radius 1 is 1.65 bits per heavy atom. The Morgan fingerprint density at radius 2 is 2.53 bits per heavy atom. The highest BCUT2D eigenvalue weighted by Gasteiger charge is 2.14. The van der Waals surface area contributed by atoms with Crippen LogP contribution in [0.5, 0.6) is 0 Å². The van der Waals surface area contributed by atoms with Gasteiger partial charge in [0.05, 0.1) is 17.3 Å². The van der Waals surface area contributed by atoms with Crippen LogP contribution < -0.4 is 11.0 Å². The van der Waals surface area contributed by atoms with E-state index in [4.69, 9.17) is 16.3 Å². The van der Waals surface area contributed by atoms with Crippen LogP contribution >= 0.6 is 11.6 Å². The zero-order chi connectivity index (χ0) is 12.1. The summed E-state index contributed by atoms with van der Waals surface area (Å²) in [4.78, 5) is 15.0. The molecule has 1 unspecified atom stereocenters. The van der Waals surface area contributed by atoms with Gasteiger partial charge in [-0.3, -0.25) is 4.57 Å². The Kier molecular flexibility index (Phi) is 4.53. The van der Waals surface area contributed by atoms with E-state index in [0.29, 0.717) is 24.2 Å². The van der Waals surface area contributed by atoms with Gasteiger partial charge in [0.2, 0.25) is 0 Å². The minimum absolute atomic E-state index is 0.270. The summed E-state index contributed by atoms with van der Waals surface area (Å²) in [6, 6.07) is 0. The molecule has 1 aliphatic rings. The number of rotatable bonds is 5. The zero-order valence-electron chi connectivity index (χ0n) is 9.56. The summed E-state index contributed by atoms with van der Waals surface area (Å²) in [7, 11) is 0. The number of nitrogens with zero attached hydrogens (tertiary/aromatic N) is 2. The van der Waals surface area contributed by atoms with Gasteiger partial charge in [-0.05, 0) is 12.8 Å². The highest BCUT2D eigenvalue weighted by atomic mass is 35.5. The summed E-state index contributed by atoms with van der Waals surface area (Å²) in [6.07, 6.45) is 5.55. The molecule has 1 N–H and O–H groups in total. The van der Waals surface area contributed by atoms with Crippen molar-refractivity contribution in [3.63, 3.8) is 0 Å². The second kappa shape index (κ2) is 6.14. The molecule has 94 valence electrons. The van der Waals surface area contributed by atoms with Gasteiger partial charge in [0.1, 0.15) is 0 Å². The fourth-order valence-corrected chi connectivity index (χ4v) is 2.02. The van der Waals surface area contributed by atoms with E-state index in [9.17, 15) is 4.79 Å². The Labute approximate surface area is 105 Å². The average Bonchev–Trinajstić information content (AvgIpc) is 2.82. The van der Waals surface area contributed by atoms with Gasteiger partial charge in [-0.25, -0.2) is 9.78 Å². The smallest absolute Gasteiger partial charge is 0.347 e. The third-order valence-corrected chi connectivity index (χ3v) is 2.94. The minimum atomic E-state index is -0.270. The number of ether oxygens (including phenoxy) is 1. The molecule has 2 rings (SSSR count). The molecule has 0 radical (unpaired) electrons. The van der Waals surface area contributed by atoms with Crippen molar-refractivity contribution in [2.24, 2.45) is 0 Å². The molecule has 0 aliphatic carbocycles. The lowest BCUT2D eigenvalue weighted by Crippen LogP contribution is -2.32. The molecule has 17 heavy (non-hydrogen) atoms. The Hall–Kier alpha value is -0.910. The molecular formula is C11H16ClN3O2. The molecule has 6 heteroatoms. The van der Waals surface area contributed by atoms with Crippen molar-refractivity contribution in [3.8, 4) is 0 Å². The van der Waals surface area contributed by atoms with Crippen LogP contribution in [0.1, 0.15) is 12.8 Å². The van der Waals surface area contributed by atoms with E-state index in [1.54, 1.807) is 6.20 Å². The maximum absolute atomic E-state index is 11.4. The predicted molar refractivity (Wildman–Crippen MR) is 65.4 cm³/mol. The molecule has 1 aromatic heterocycles. The SMILES string of the molecule is O=c1ncc(Cl)cn1CCNCC1CCCO1. The van der Waals surface area contributed by atoms with Crippen LogP contribution in [-0.4, -0.2) is 35.4 Å². The molecule has 1 saturated heterocycles. The van der Waals surface area contributed by atoms with Crippen molar-refractivity contribution >= 4 is 11.6 Å². The van der Waals surface area contributed by atoms with Gasteiger partial charge in [0.15, 0.2) is 0 Å². The van der Waals surface area contributed by atoms with Crippen molar-refractivity contribution in [3.05, 3.63) is 27.9 Å². The number of aromatic nitrogens is 2. The van der Waals surface area contributed by atoms with Gasteiger partial charge in [-0.2, -0.15) is 0 Å². The summed E-state index contributed by atoms with van der Waals surface area (Å²) in [5.74, 6) is 0. The number of halogens is 1. The molecular weight excluding hydrogens is 242 g/mol. The minimum Gasteiger partial charge on any atom is -0.377 e. The highest BCUT2D eigenvalue weighted by molar-refractivity contribution is 6.30. The predicted octanol–water partition coefficient (Wildman–Crippen LogP) is 0.665. The van der Waals surface area contributed by atoms with Crippen molar-refractivity contribution in [1.29, 1.82) is 0 Å². The Balaban J connectivity index is 1.74. The van der Waals surface area contributed by atoms with E-state index in [1.165, 1.54) is 10.8 Å². The number of hydrogen-bond acceptors (Lipinski definition) is 4. The first-order valence-corrected chi connectivity index (χ1v) is 6.18. The summed E-state index contributed by atoms with van der Waals surface area (Å²) in [5, 5.41) is 3.74. The van der Waals surface area contributed by atoms with Gasteiger partial charge in [0.25, 0.3) is 0 Å². The van der Waals surface area contributed by atoms with Gasteiger partial charge in [-0.1, -0.05) is 11.6 Å². The lowest BCUT2D eigenvalue weighted by molar-refractivity contribution is 0.110. The summed E-state index contributed by atoms with van der Waals surface area (Å²) in [5.41, 5.74) is -0.270. The quantitative estimate of drug-likeness (QED) is 0.788. The summed E-state index contributed by atoms with van der Waals surface area (Å²) >= 11 is 5.77. The van der Waals surface area contributed by atoms with Crippen LogP contribution in [0.4, 0.5) is 0 Å². The monoisotopic (exact) mass is 257 g/mol. The van der Waals surface area contributed by atoms with Gasteiger partial charge >= 0.3 is 5.69 Å². The van der Waals surface area contributed by atoms with Crippen LogP contribution in [0, 0.1) is 0 Å². The first-order valence-electron chi connectivity index (χ1n) is 5.80. The Morgan fingerprint density at radius 3 is 3.29 bits per heavy atom. The van der Waals surface area contributed by atoms with E-state index < -0.39 is 0 Å². The third-order valence-electron chi connectivity index (χ3n) is 2.75. The zero-order valence-corrected chi connectivity index (χ0v) is 10.3. The second-order valence-corrected chi connectivity index (χ2v) is 4.52. The molecule has 1 aromatic rings. The lowest BCUT2D eigenvalue weighted by Gasteiger charge is -2.11. The largest absolute Gasteiger partial charge is 0.377 e. The van der Waals surface area contributed by atoms with E-state index in [2.05, 4.69) is 10.3 Å². The van der Waals surface area contributed by atoms with Crippen molar-refractivity contribution in [2.45, 2.75) is 25.5 Å². The van der Waals surface area contributed by atoms with E-state index >= 15 is 0 Å². The van der Waals surface area contributed by atoms with Crippen molar-refractivity contribution in [1.82, 2.24) is 14.9 Å². The highest BCUT2D eigenvalue weighted by Crippen LogP contribution is 2.10. The topological polar surface area (TPSA) is 56.2 Å². The fraction of sp³-hybridized carbons (Fsp3) is 0.636. The maximum atomic E-state index is 11.4. The molecule has 0 spiro atoms. The Bertz CT molecular complexity index is 415. The number of hydrogen-bond donors (Lipinski definition) is 1. The van der Waals surface area contributed by atoms with E-state index in [-0.39, 0.29) is 5.69 Å². The molecule has 1 fully saturated rings. The molecule has 0 amide bonds. The van der Waals surface area contributed by atoms with Crippen LogP contribution in [0.2, 0.25) is 5.02 Å². The van der Waals surface area contributed by atoms with Crippen molar-refractivity contribution < 1.29 is 4.74 Å². The second-order valence-electron chi connectivity index (χ2n) is 4.09. The van der Waals surface area contributed by atoms with Crippen molar-refractivity contribution in [2.75, 3.05) is 19.7 Å². The standard InChI is InChI=1S/C11H16ClN3O2/c12-9-6-14-11(16)15(8-9)4-3-13-7-10-2-1-5-17-10/h6,8,10,13H,1-5,7H2. The van der Waals surface area contributed by atoms with Crippen LogP contribution in [-0.2, 0) is 11.3 Å². The first-order chi connectivity index (χ1) is 8.25. The van der Waals surface area contributed by atoms with E-state index in [1.807, 2.05) is 0 Å². The normalized spacial score (nSPS) is 19.7. The molecule has 0 bridgehead atoms. The summed E-state index contributed by atoms with van der Waals surface area (Å²) in [6.45, 7) is 2.98. The average molecular weight is 258 g/mol. The van der Waals surface area contributed by atoms with Crippen LogP contribution in [0.25, 0.3) is 0 Å². The molecule has 0 saturated carbocycles. The molecule has 0 aromatic carbocycles. The molecule has 1 aliphatic heterocycles. The first kappa shape index (κ1) is 12.5.